The molecule has 0 saturated heterocycles. The molecule has 7 heteroatoms. The predicted molar refractivity (Wildman–Crippen MR) is 82.2 cm³/mol. The second-order valence-electron chi connectivity index (χ2n) is 5.26. The highest BCUT2D eigenvalue weighted by molar-refractivity contribution is 6.28. The van der Waals surface area contributed by atoms with Crippen molar-refractivity contribution in [3.63, 3.8) is 0 Å². The molecule has 1 heterocycles. The van der Waals surface area contributed by atoms with E-state index in [-0.39, 0.29) is 5.78 Å². The third kappa shape index (κ3) is 2.65. The molecule has 0 bridgehead atoms. The molecule has 1 aliphatic carbocycles. The van der Waals surface area contributed by atoms with Crippen LogP contribution in [0, 0.1) is 0 Å². The van der Waals surface area contributed by atoms with Gasteiger partial charge >= 0.3 is 5.97 Å². The van der Waals surface area contributed by atoms with Crippen LogP contribution in [0.2, 0.25) is 0 Å². The molecule has 0 fully saturated rings. The number of aromatic nitrogens is 3. The van der Waals surface area contributed by atoms with Crippen LogP contribution in [0.3, 0.4) is 0 Å². The third-order valence-corrected chi connectivity index (χ3v) is 3.59. The zero-order chi connectivity index (χ0) is 16.4. The van der Waals surface area contributed by atoms with E-state index >= 15 is 0 Å². The van der Waals surface area contributed by atoms with Crippen LogP contribution >= 0.6 is 0 Å². The molecule has 0 N–H and O–H groups in total. The quantitative estimate of drug-likeness (QED) is 0.543. The SMILES string of the molecule is CCCCn1nnc2c1C(=O)c1ccccc1C2=NOC(C)=O. The molecule has 3 rings (SSSR count). The lowest BCUT2D eigenvalue weighted by Gasteiger charge is -2.16. The Hall–Kier alpha value is -2.83. The lowest BCUT2D eigenvalue weighted by Crippen LogP contribution is -2.24. The van der Waals surface area contributed by atoms with Gasteiger partial charge in [0.1, 0.15) is 17.1 Å². The van der Waals surface area contributed by atoms with Crippen LogP contribution in [-0.2, 0) is 16.2 Å². The Morgan fingerprint density at radius 3 is 2.74 bits per heavy atom. The van der Waals surface area contributed by atoms with E-state index < -0.39 is 5.97 Å². The summed E-state index contributed by atoms with van der Waals surface area (Å²) >= 11 is 0. The molecule has 0 unspecified atom stereocenters. The normalized spacial score (nSPS) is 14.5. The summed E-state index contributed by atoms with van der Waals surface area (Å²) in [5.41, 5.74) is 2.20. The van der Waals surface area contributed by atoms with Gasteiger partial charge in [0.25, 0.3) is 0 Å². The van der Waals surface area contributed by atoms with E-state index in [1.807, 2.05) is 0 Å². The fourth-order valence-electron chi connectivity index (χ4n) is 2.51. The third-order valence-electron chi connectivity index (χ3n) is 3.59. The van der Waals surface area contributed by atoms with Crippen molar-refractivity contribution >= 4 is 17.5 Å². The Bertz CT molecular complexity index is 807. The molecule has 1 aromatic heterocycles. The number of rotatable bonds is 4. The maximum atomic E-state index is 12.8. The molecule has 0 radical (unpaired) electrons. The number of oxime groups is 1. The van der Waals surface area contributed by atoms with Gasteiger partial charge in [0, 0.05) is 24.6 Å². The maximum Gasteiger partial charge on any atom is 0.332 e. The van der Waals surface area contributed by atoms with Crippen LogP contribution in [0.25, 0.3) is 0 Å². The number of benzene rings is 1. The largest absolute Gasteiger partial charge is 0.332 e. The van der Waals surface area contributed by atoms with E-state index in [0.717, 1.165) is 12.8 Å². The molecule has 7 nitrogen and oxygen atoms in total. The van der Waals surface area contributed by atoms with E-state index in [1.165, 1.54) is 6.92 Å². The first-order chi connectivity index (χ1) is 11.1. The smallest absolute Gasteiger partial charge is 0.318 e. The van der Waals surface area contributed by atoms with Crippen molar-refractivity contribution in [1.82, 2.24) is 15.0 Å². The number of carbonyl (C=O) groups excluding carboxylic acids is 2. The van der Waals surface area contributed by atoms with Gasteiger partial charge in [-0.15, -0.1) is 5.10 Å². The summed E-state index contributed by atoms with van der Waals surface area (Å²) in [7, 11) is 0. The Morgan fingerprint density at radius 2 is 2.04 bits per heavy atom. The number of hydrogen-bond donors (Lipinski definition) is 0. The summed E-state index contributed by atoms with van der Waals surface area (Å²) in [4.78, 5) is 28.6. The molecular weight excluding hydrogens is 296 g/mol. The molecule has 1 aromatic carbocycles. The maximum absolute atomic E-state index is 12.8. The molecular formula is C16H16N4O3. The summed E-state index contributed by atoms with van der Waals surface area (Å²) in [5, 5.41) is 12.1. The van der Waals surface area contributed by atoms with Crippen LogP contribution in [0.5, 0.6) is 0 Å². The minimum atomic E-state index is -0.535. The fourth-order valence-corrected chi connectivity index (χ4v) is 2.51. The molecule has 23 heavy (non-hydrogen) atoms. The molecule has 0 amide bonds. The fraction of sp³-hybridized carbons (Fsp3) is 0.312. The summed E-state index contributed by atoms with van der Waals surface area (Å²) in [6.07, 6.45) is 1.87. The monoisotopic (exact) mass is 312 g/mol. The Balaban J connectivity index is 2.15. The zero-order valence-electron chi connectivity index (χ0n) is 12.9. The van der Waals surface area contributed by atoms with E-state index in [0.29, 0.717) is 34.8 Å². The molecule has 0 aliphatic heterocycles. The number of hydrogen-bond acceptors (Lipinski definition) is 6. The minimum absolute atomic E-state index is 0.140. The Kier molecular flexibility index (Phi) is 4.01. The van der Waals surface area contributed by atoms with Gasteiger partial charge in [0.15, 0.2) is 0 Å². The molecule has 0 spiro atoms. The van der Waals surface area contributed by atoms with Crippen LogP contribution < -0.4 is 0 Å². The lowest BCUT2D eigenvalue weighted by molar-refractivity contribution is -0.140. The van der Waals surface area contributed by atoms with E-state index in [4.69, 9.17) is 4.84 Å². The van der Waals surface area contributed by atoms with Gasteiger partial charge in [0.2, 0.25) is 5.78 Å². The van der Waals surface area contributed by atoms with Crippen molar-refractivity contribution in [1.29, 1.82) is 0 Å². The first kappa shape index (κ1) is 15.1. The molecule has 0 saturated carbocycles. The van der Waals surface area contributed by atoms with Crippen LogP contribution in [0.15, 0.2) is 29.4 Å². The highest BCUT2D eigenvalue weighted by Crippen LogP contribution is 2.26. The molecule has 2 aromatic rings. The van der Waals surface area contributed by atoms with Gasteiger partial charge in [-0.05, 0) is 6.42 Å². The van der Waals surface area contributed by atoms with Gasteiger partial charge in [-0.2, -0.15) is 0 Å². The van der Waals surface area contributed by atoms with Gasteiger partial charge in [-0.1, -0.05) is 48.0 Å². The number of unbranched alkanes of at least 4 members (excludes halogenated alkanes) is 1. The first-order valence-corrected chi connectivity index (χ1v) is 7.47. The lowest BCUT2D eigenvalue weighted by atomic mass is 9.89. The van der Waals surface area contributed by atoms with Crippen LogP contribution in [-0.4, -0.2) is 32.5 Å². The number of carbonyl (C=O) groups is 2. The minimum Gasteiger partial charge on any atom is -0.318 e. The van der Waals surface area contributed by atoms with Crippen molar-refractivity contribution in [2.45, 2.75) is 33.2 Å². The van der Waals surface area contributed by atoms with Crippen molar-refractivity contribution in [3.8, 4) is 0 Å². The molecule has 1 aliphatic rings. The van der Waals surface area contributed by atoms with Crippen LogP contribution in [0.1, 0.15) is 54.0 Å². The molecule has 118 valence electrons. The summed E-state index contributed by atoms with van der Waals surface area (Å²) in [6.45, 7) is 3.94. The van der Waals surface area contributed by atoms with E-state index in [1.54, 1.807) is 28.9 Å². The second kappa shape index (κ2) is 6.12. The number of fused-ring (bicyclic) bond motifs is 2. The highest BCUT2D eigenvalue weighted by Gasteiger charge is 2.34. The van der Waals surface area contributed by atoms with Crippen molar-refractivity contribution in [2.75, 3.05) is 0 Å². The standard InChI is InChI=1S/C16H16N4O3/c1-3-4-9-20-15-14(17-19-20)13(18-23-10(2)21)11-7-5-6-8-12(11)16(15)22/h5-8H,3-4,9H2,1-2H3. The van der Waals surface area contributed by atoms with Gasteiger partial charge in [-0.25, -0.2) is 9.48 Å². The van der Waals surface area contributed by atoms with Gasteiger partial charge in [0.05, 0.1) is 0 Å². The average molecular weight is 312 g/mol. The van der Waals surface area contributed by atoms with Gasteiger partial charge < -0.3 is 4.84 Å². The highest BCUT2D eigenvalue weighted by atomic mass is 16.7. The van der Waals surface area contributed by atoms with Crippen molar-refractivity contribution < 1.29 is 14.4 Å². The number of ketones is 1. The predicted octanol–water partition coefficient (Wildman–Crippen LogP) is 1.94. The van der Waals surface area contributed by atoms with Crippen LogP contribution in [0.4, 0.5) is 0 Å². The van der Waals surface area contributed by atoms with Crippen molar-refractivity contribution in [3.05, 3.63) is 46.8 Å². The summed E-state index contributed by atoms with van der Waals surface area (Å²) in [6, 6.07) is 7.05. The van der Waals surface area contributed by atoms with E-state index in [9.17, 15) is 9.59 Å². The summed E-state index contributed by atoms with van der Waals surface area (Å²) < 4.78 is 1.60. The van der Waals surface area contributed by atoms with Crippen molar-refractivity contribution in [2.24, 2.45) is 5.16 Å². The average Bonchev–Trinajstić information content (AvgIpc) is 2.96. The number of nitrogens with zero attached hydrogens (tertiary/aromatic N) is 4. The topological polar surface area (TPSA) is 86.4 Å². The number of aryl methyl sites for hydroxylation is 1. The van der Waals surface area contributed by atoms with Gasteiger partial charge in [-0.3, -0.25) is 4.79 Å². The zero-order valence-corrected chi connectivity index (χ0v) is 12.9. The van der Waals surface area contributed by atoms with E-state index in [2.05, 4.69) is 22.4 Å². The second-order valence-corrected chi connectivity index (χ2v) is 5.26. The molecule has 0 atom stereocenters. The summed E-state index contributed by atoms with van der Waals surface area (Å²) in [5.74, 6) is -0.676. The first-order valence-electron chi connectivity index (χ1n) is 7.47. The Morgan fingerprint density at radius 1 is 1.30 bits per heavy atom. The Labute approximate surface area is 132 Å².